The van der Waals surface area contributed by atoms with E-state index in [0.717, 1.165) is 19.3 Å². The van der Waals surface area contributed by atoms with Crippen molar-refractivity contribution in [1.29, 1.82) is 0 Å². The lowest BCUT2D eigenvalue weighted by molar-refractivity contribution is -0.142. The first-order valence-electron chi connectivity index (χ1n) is 6.31. The molecule has 0 saturated heterocycles. The Labute approximate surface area is 107 Å². The van der Waals surface area contributed by atoms with Crippen LogP contribution >= 0.6 is 0 Å². The fraction of sp³-hybridized carbons (Fsp3) is 0.400. The van der Waals surface area contributed by atoms with Gasteiger partial charge in [0.15, 0.2) is 0 Å². The summed E-state index contributed by atoms with van der Waals surface area (Å²) in [6, 6.07) is 8.98. The second-order valence-corrected chi connectivity index (χ2v) is 4.76. The van der Waals surface area contributed by atoms with E-state index in [-0.39, 0.29) is 5.92 Å². The Kier molecular flexibility index (Phi) is 4.15. The van der Waals surface area contributed by atoms with Crippen LogP contribution in [-0.2, 0) is 4.79 Å². The van der Waals surface area contributed by atoms with Gasteiger partial charge in [0.05, 0.1) is 6.10 Å². The van der Waals surface area contributed by atoms with Crippen molar-refractivity contribution in [1.82, 2.24) is 0 Å². The molecule has 1 aromatic carbocycles. The molecule has 1 aliphatic rings. The summed E-state index contributed by atoms with van der Waals surface area (Å²) < 4.78 is 0. The van der Waals surface area contributed by atoms with Crippen molar-refractivity contribution < 1.29 is 15.0 Å². The lowest BCUT2D eigenvalue weighted by Crippen LogP contribution is -2.33. The highest BCUT2D eigenvalue weighted by molar-refractivity contribution is 5.77. The number of allylic oxidation sites excluding steroid dienone is 2. The van der Waals surface area contributed by atoms with Gasteiger partial charge in [-0.05, 0) is 30.7 Å². The van der Waals surface area contributed by atoms with Crippen molar-refractivity contribution >= 4 is 5.97 Å². The van der Waals surface area contributed by atoms with Crippen LogP contribution in [0.4, 0.5) is 0 Å². The molecule has 1 aromatic rings. The lowest BCUT2D eigenvalue weighted by atomic mass is 9.80. The molecular formula is C15H18O3. The second-order valence-electron chi connectivity index (χ2n) is 4.76. The average molecular weight is 246 g/mol. The number of benzene rings is 1. The van der Waals surface area contributed by atoms with Gasteiger partial charge < -0.3 is 10.2 Å². The summed E-state index contributed by atoms with van der Waals surface area (Å²) in [5, 5.41) is 19.7. The molecule has 0 aliphatic heterocycles. The predicted octanol–water partition coefficient (Wildman–Crippen LogP) is 2.57. The number of carbonyl (C=O) groups is 1. The Bertz CT molecular complexity index is 425. The molecule has 2 rings (SSSR count). The minimum Gasteiger partial charge on any atom is -0.481 e. The molecular weight excluding hydrogens is 228 g/mol. The predicted molar refractivity (Wildman–Crippen MR) is 69.3 cm³/mol. The Hall–Kier alpha value is -1.61. The SMILES string of the molecule is O=C(O)C(c1ccccc1)C(O)C1CC=CCC1. The molecule has 3 nitrogen and oxygen atoms in total. The minimum atomic E-state index is -0.955. The molecule has 0 radical (unpaired) electrons. The quantitative estimate of drug-likeness (QED) is 0.803. The van der Waals surface area contributed by atoms with E-state index in [0.29, 0.717) is 5.56 Å². The fourth-order valence-corrected chi connectivity index (χ4v) is 2.55. The van der Waals surface area contributed by atoms with Gasteiger partial charge in [-0.25, -0.2) is 0 Å². The molecule has 3 atom stereocenters. The van der Waals surface area contributed by atoms with Crippen LogP contribution in [0.2, 0.25) is 0 Å². The third-order valence-corrected chi connectivity index (χ3v) is 3.56. The molecule has 96 valence electrons. The third-order valence-electron chi connectivity index (χ3n) is 3.56. The number of aliphatic hydroxyl groups is 1. The second kappa shape index (κ2) is 5.83. The first kappa shape index (κ1) is 12.8. The van der Waals surface area contributed by atoms with Crippen LogP contribution in [0, 0.1) is 5.92 Å². The first-order chi connectivity index (χ1) is 8.70. The van der Waals surface area contributed by atoms with Gasteiger partial charge in [0, 0.05) is 0 Å². The van der Waals surface area contributed by atoms with Gasteiger partial charge >= 0.3 is 5.97 Å². The van der Waals surface area contributed by atoms with E-state index in [4.69, 9.17) is 0 Å². The maximum Gasteiger partial charge on any atom is 0.313 e. The molecule has 18 heavy (non-hydrogen) atoms. The van der Waals surface area contributed by atoms with Crippen molar-refractivity contribution in [2.24, 2.45) is 5.92 Å². The molecule has 2 N–H and O–H groups in total. The zero-order chi connectivity index (χ0) is 13.0. The van der Waals surface area contributed by atoms with E-state index >= 15 is 0 Å². The molecule has 3 unspecified atom stereocenters. The summed E-state index contributed by atoms with van der Waals surface area (Å²) in [6.45, 7) is 0. The summed E-state index contributed by atoms with van der Waals surface area (Å²) >= 11 is 0. The summed E-state index contributed by atoms with van der Waals surface area (Å²) in [4.78, 5) is 11.4. The van der Waals surface area contributed by atoms with Crippen LogP contribution in [0.5, 0.6) is 0 Å². The zero-order valence-electron chi connectivity index (χ0n) is 10.2. The summed E-state index contributed by atoms with van der Waals surface area (Å²) in [6.07, 6.45) is 5.83. The van der Waals surface area contributed by atoms with E-state index in [9.17, 15) is 15.0 Å². The van der Waals surface area contributed by atoms with Crippen LogP contribution in [0.15, 0.2) is 42.5 Å². The zero-order valence-corrected chi connectivity index (χ0v) is 10.2. The number of aliphatic hydroxyl groups excluding tert-OH is 1. The summed E-state index contributed by atoms with van der Waals surface area (Å²) in [7, 11) is 0. The highest BCUT2D eigenvalue weighted by Gasteiger charge is 2.33. The van der Waals surface area contributed by atoms with Gasteiger partial charge in [-0.1, -0.05) is 42.5 Å². The van der Waals surface area contributed by atoms with Gasteiger partial charge in [-0.2, -0.15) is 0 Å². The molecule has 0 spiro atoms. The molecule has 0 heterocycles. The number of rotatable bonds is 4. The third kappa shape index (κ3) is 2.79. The monoisotopic (exact) mass is 246 g/mol. The van der Waals surface area contributed by atoms with Gasteiger partial charge in [-0.15, -0.1) is 0 Å². The van der Waals surface area contributed by atoms with E-state index in [1.807, 2.05) is 12.1 Å². The van der Waals surface area contributed by atoms with E-state index in [1.54, 1.807) is 24.3 Å². The van der Waals surface area contributed by atoms with Crippen molar-refractivity contribution in [2.75, 3.05) is 0 Å². The smallest absolute Gasteiger partial charge is 0.313 e. The van der Waals surface area contributed by atoms with E-state index < -0.39 is 18.0 Å². The average Bonchev–Trinajstić information content (AvgIpc) is 2.40. The number of carboxylic acids is 1. The van der Waals surface area contributed by atoms with Gasteiger partial charge in [-0.3, -0.25) is 4.79 Å². The van der Waals surface area contributed by atoms with E-state index in [1.165, 1.54) is 0 Å². The van der Waals surface area contributed by atoms with Crippen LogP contribution in [0.25, 0.3) is 0 Å². The van der Waals surface area contributed by atoms with Crippen LogP contribution in [0.3, 0.4) is 0 Å². The highest BCUT2D eigenvalue weighted by Crippen LogP contribution is 2.31. The number of aliphatic carboxylic acids is 1. The van der Waals surface area contributed by atoms with Crippen molar-refractivity contribution in [3.05, 3.63) is 48.0 Å². The topological polar surface area (TPSA) is 57.5 Å². The Morgan fingerprint density at radius 1 is 1.22 bits per heavy atom. The molecule has 0 bridgehead atoms. The Morgan fingerprint density at radius 3 is 2.50 bits per heavy atom. The van der Waals surface area contributed by atoms with Crippen molar-refractivity contribution in [2.45, 2.75) is 31.3 Å². The number of carboxylic acid groups (broad SMARTS) is 1. The van der Waals surface area contributed by atoms with Gasteiger partial charge in [0.1, 0.15) is 5.92 Å². The normalized spacial score (nSPS) is 22.4. The Balaban J connectivity index is 2.20. The molecule has 0 aromatic heterocycles. The Morgan fingerprint density at radius 2 is 1.94 bits per heavy atom. The fourth-order valence-electron chi connectivity index (χ4n) is 2.55. The number of hydrogen-bond acceptors (Lipinski definition) is 2. The molecule has 0 saturated carbocycles. The maximum absolute atomic E-state index is 11.4. The molecule has 0 fully saturated rings. The minimum absolute atomic E-state index is 0.0382. The largest absolute Gasteiger partial charge is 0.481 e. The summed E-state index contributed by atoms with van der Waals surface area (Å²) in [5.74, 6) is -1.75. The van der Waals surface area contributed by atoms with Crippen LogP contribution in [0.1, 0.15) is 30.7 Å². The van der Waals surface area contributed by atoms with Crippen molar-refractivity contribution in [3.8, 4) is 0 Å². The molecule has 3 heteroatoms. The van der Waals surface area contributed by atoms with Crippen molar-refractivity contribution in [3.63, 3.8) is 0 Å². The lowest BCUT2D eigenvalue weighted by Gasteiger charge is -2.28. The molecule has 1 aliphatic carbocycles. The maximum atomic E-state index is 11.4. The molecule has 0 amide bonds. The van der Waals surface area contributed by atoms with Crippen LogP contribution in [-0.4, -0.2) is 22.3 Å². The van der Waals surface area contributed by atoms with Gasteiger partial charge in [0.25, 0.3) is 0 Å². The van der Waals surface area contributed by atoms with Gasteiger partial charge in [0.2, 0.25) is 0 Å². The van der Waals surface area contributed by atoms with Crippen LogP contribution < -0.4 is 0 Å². The summed E-state index contributed by atoms with van der Waals surface area (Å²) in [5.41, 5.74) is 0.673. The number of hydrogen-bond donors (Lipinski definition) is 2. The highest BCUT2D eigenvalue weighted by atomic mass is 16.4. The van der Waals surface area contributed by atoms with E-state index in [2.05, 4.69) is 6.08 Å². The standard InChI is InChI=1S/C15H18O3/c16-14(12-9-5-2-6-10-12)13(15(17)18)11-7-3-1-4-8-11/h1-5,7-8,12-14,16H,6,9-10H2,(H,17,18). The first-order valence-corrected chi connectivity index (χ1v) is 6.31.